The van der Waals surface area contributed by atoms with Crippen molar-refractivity contribution in [2.24, 2.45) is 5.73 Å². The number of hydrogen-bond donors (Lipinski definition) is 2. The number of carbonyl (C=O) groups is 1. The van der Waals surface area contributed by atoms with Gasteiger partial charge in [0.1, 0.15) is 0 Å². The highest BCUT2D eigenvalue weighted by Gasteiger charge is 2.15. The number of nitrogens with two attached hydrogens (primary N) is 1. The number of pyridine rings is 1. The number of amides is 1. The van der Waals surface area contributed by atoms with Crippen molar-refractivity contribution in [3.8, 4) is 0 Å². The van der Waals surface area contributed by atoms with Gasteiger partial charge in [0.2, 0.25) is 5.91 Å². The summed E-state index contributed by atoms with van der Waals surface area (Å²) in [6, 6.07) is 5.11. The van der Waals surface area contributed by atoms with Crippen molar-refractivity contribution in [3.05, 3.63) is 30.1 Å². The molecule has 0 aliphatic carbocycles. The lowest BCUT2D eigenvalue weighted by molar-refractivity contribution is -0.123. The number of aromatic nitrogens is 1. The van der Waals surface area contributed by atoms with E-state index in [4.69, 9.17) is 5.73 Å². The van der Waals surface area contributed by atoms with E-state index >= 15 is 0 Å². The monoisotopic (exact) mass is 221 g/mol. The summed E-state index contributed by atoms with van der Waals surface area (Å²) in [5.41, 5.74) is 6.57. The molecule has 1 rings (SSSR count). The number of carbonyl (C=O) groups excluding carboxylic acids is 1. The van der Waals surface area contributed by atoms with E-state index in [0.717, 1.165) is 12.1 Å². The predicted molar refractivity (Wildman–Crippen MR) is 63.7 cm³/mol. The van der Waals surface area contributed by atoms with Gasteiger partial charge in [-0.15, -0.1) is 0 Å². The van der Waals surface area contributed by atoms with E-state index in [1.807, 2.05) is 32.0 Å². The Morgan fingerprint density at radius 1 is 1.56 bits per heavy atom. The Kier molecular flexibility index (Phi) is 4.92. The minimum Gasteiger partial charge on any atom is -0.347 e. The second kappa shape index (κ2) is 6.23. The third-order valence-corrected chi connectivity index (χ3v) is 2.43. The zero-order valence-corrected chi connectivity index (χ0v) is 9.81. The molecule has 3 N–H and O–H groups in total. The molecule has 4 heteroatoms. The highest BCUT2D eigenvalue weighted by molar-refractivity contribution is 5.81. The lowest BCUT2D eigenvalue weighted by Crippen LogP contribution is -2.41. The van der Waals surface area contributed by atoms with Crippen LogP contribution in [0.25, 0.3) is 0 Å². The predicted octanol–water partition coefficient (Wildman–Crippen LogP) is 1.39. The van der Waals surface area contributed by atoms with Crippen LogP contribution in [0, 0.1) is 0 Å². The molecule has 0 saturated carbocycles. The number of hydrogen-bond acceptors (Lipinski definition) is 3. The zero-order chi connectivity index (χ0) is 12.0. The van der Waals surface area contributed by atoms with E-state index in [1.54, 1.807) is 6.20 Å². The van der Waals surface area contributed by atoms with Crippen molar-refractivity contribution in [2.75, 3.05) is 0 Å². The van der Waals surface area contributed by atoms with Crippen molar-refractivity contribution in [1.29, 1.82) is 0 Å². The molecule has 0 radical (unpaired) electrons. The fraction of sp³-hybridized carbons (Fsp3) is 0.500. The summed E-state index contributed by atoms with van der Waals surface area (Å²) >= 11 is 0. The SMILES string of the molecule is CCCC(N)C(=O)N[C@H](C)c1ccccn1. The smallest absolute Gasteiger partial charge is 0.237 e. The van der Waals surface area contributed by atoms with Gasteiger partial charge < -0.3 is 11.1 Å². The maximum Gasteiger partial charge on any atom is 0.237 e. The number of rotatable bonds is 5. The normalized spacial score (nSPS) is 14.2. The van der Waals surface area contributed by atoms with Gasteiger partial charge in [-0.2, -0.15) is 0 Å². The Bertz CT molecular complexity index is 326. The summed E-state index contributed by atoms with van der Waals surface area (Å²) in [4.78, 5) is 15.8. The van der Waals surface area contributed by atoms with Crippen molar-refractivity contribution < 1.29 is 4.79 Å². The van der Waals surface area contributed by atoms with Gasteiger partial charge in [0.05, 0.1) is 17.8 Å². The average molecular weight is 221 g/mol. The standard InChI is InChI=1S/C12H19N3O/c1-3-6-10(13)12(16)15-9(2)11-7-4-5-8-14-11/h4-5,7-10H,3,6,13H2,1-2H3,(H,15,16)/t9-,10?/m1/s1. The molecule has 0 bridgehead atoms. The second-order valence-electron chi connectivity index (χ2n) is 3.88. The third kappa shape index (κ3) is 3.62. The van der Waals surface area contributed by atoms with Gasteiger partial charge in [-0.1, -0.05) is 19.4 Å². The molecule has 0 fully saturated rings. The maximum absolute atomic E-state index is 11.7. The summed E-state index contributed by atoms with van der Waals surface area (Å²) in [5.74, 6) is -0.111. The topological polar surface area (TPSA) is 68.0 Å². The van der Waals surface area contributed by atoms with Gasteiger partial charge in [-0.25, -0.2) is 0 Å². The molecule has 0 aliphatic heterocycles. The minimum atomic E-state index is -0.420. The van der Waals surface area contributed by atoms with Crippen LogP contribution in [0.3, 0.4) is 0 Å². The van der Waals surface area contributed by atoms with Crippen LogP contribution in [-0.4, -0.2) is 16.9 Å². The van der Waals surface area contributed by atoms with Gasteiger partial charge in [0.25, 0.3) is 0 Å². The molecule has 1 unspecified atom stereocenters. The first kappa shape index (κ1) is 12.6. The second-order valence-corrected chi connectivity index (χ2v) is 3.88. The van der Waals surface area contributed by atoms with Crippen LogP contribution in [-0.2, 0) is 4.79 Å². The lowest BCUT2D eigenvalue weighted by atomic mass is 10.1. The van der Waals surface area contributed by atoms with Gasteiger partial charge in [0.15, 0.2) is 0 Å². The molecule has 1 heterocycles. The van der Waals surface area contributed by atoms with Crippen LogP contribution >= 0.6 is 0 Å². The molecule has 1 aromatic rings. The molecule has 0 aromatic carbocycles. The Labute approximate surface area is 96.3 Å². The first-order valence-electron chi connectivity index (χ1n) is 5.62. The minimum absolute atomic E-state index is 0.100. The summed E-state index contributed by atoms with van der Waals surface area (Å²) in [5, 5.41) is 2.85. The molecule has 1 aromatic heterocycles. The van der Waals surface area contributed by atoms with Crippen molar-refractivity contribution in [2.45, 2.75) is 38.8 Å². The van der Waals surface area contributed by atoms with Gasteiger partial charge in [-0.05, 0) is 25.5 Å². The quantitative estimate of drug-likeness (QED) is 0.789. The lowest BCUT2D eigenvalue weighted by Gasteiger charge is -2.16. The summed E-state index contributed by atoms with van der Waals surface area (Å²) in [6.45, 7) is 3.91. The van der Waals surface area contributed by atoms with Gasteiger partial charge in [0, 0.05) is 6.20 Å². The van der Waals surface area contributed by atoms with Gasteiger partial charge >= 0.3 is 0 Å². The van der Waals surface area contributed by atoms with E-state index in [1.165, 1.54) is 0 Å². The molecule has 88 valence electrons. The van der Waals surface area contributed by atoms with Crippen LogP contribution in [0.2, 0.25) is 0 Å². The molecular formula is C12H19N3O. The Morgan fingerprint density at radius 2 is 2.31 bits per heavy atom. The number of nitrogens with zero attached hydrogens (tertiary/aromatic N) is 1. The average Bonchev–Trinajstić information content (AvgIpc) is 2.30. The van der Waals surface area contributed by atoms with Crippen LogP contribution in [0.15, 0.2) is 24.4 Å². The van der Waals surface area contributed by atoms with Crippen LogP contribution in [0.1, 0.15) is 38.4 Å². The largest absolute Gasteiger partial charge is 0.347 e. The Morgan fingerprint density at radius 3 is 2.88 bits per heavy atom. The molecule has 4 nitrogen and oxygen atoms in total. The van der Waals surface area contributed by atoms with Crippen LogP contribution in [0.4, 0.5) is 0 Å². The number of nitrogens with one attached hydrogen (secondary N) is 1. The molecule has 1 amide bonds. The summed E-state index contributed by atoms with van der Waals surface area (Å²) in [6.07, 6.45) is 3.33. The summed E-state index contributed by atoms with van der Waals surface area (Å²) in [7, 11) is 0. The molecule has 2 atom stereocenters. The van der Waals surface area contributed by atoms with E-state index in [0.29, 0.717) is 6.42 Å². The molecule has 0 aliphatic rings. The molecule has 0 saturated heterocycles. The molecule has 0 spiro atoms. The Balaban J connectivity index is 2.51. The van der Waals surface area contributed by atoms with E-state index in [2.05, 4.69) is 10.3 Å². The molecule has 16 heavy (non-hydrogen) atoms. The van der Waals surface area contributed by atoms with Crippen molar-refractivity contribution in [3.63, 3.8) is 0 Å². The summed E-state index contributed by atoms with van der Waals surface area (Å²) < 4.78 is 0. The van der Waals surface area contributed by atoms with E-state index < -0.39 is 6.04 Å². The Hall–Kier alpha value is -1.42. The fourth-order valence-corrected chi connectivity index (χ4v) is 1.47. The van der Waals surface area contributed by atoms with E-state index in [9.17, 15) is 4.79 Å². The highest BCUT2D eigenvalue weighted by Crippen LogP contribution is 2.08. The fourth-order valence-electron chi connectivity index (χ4n) is 1.47. The maximum atomic E-state index is 11.7. The highest BCUT2D eigenvalue weighted by atomic mass is 16.2. The first-order valence-corrected chi connectivity index (χ1v) is 5.62. The van der Waals surface area contributed by atoms with Crippen LogP contribution < -0.4 is 11.1 Å². The van der Waals surface area contributed by atoms with Gasteiger partial charge in [-0.3, -0.25) is 9.78 Å². The van der Waals surface area contributed by atoms with Crippen LogP contribution in [0.5, 0.6) is 0 Å². The zero-order valence-electron chi connectivity index (χ0n) is 9.81. The van der Waals surface area contributed by atoms with Crippen molar-refractivity contribution in [1.82, 2.24) is 10.3 Å². The first-order chi connectivity index (χ1) is 7.65. The molecular weight excluding hydrogens is 202 g/mol. The third-order valence-electron chi connectivity index (χ3n) is 2.43. The van der Waals surface area contributed by atoms with E-state index in [-0.39, 0.29) is 11.9 Å². The van der Waals surface area contributed by atoms with Crippen molar-refractivity contribution >= 4 is 5.91 Å².